The molecule has 0 bridgehead atoms. The third-order valence-corrected chi connectivity index (χ3v) is 9.22. The van der Waals surface area contributed by atoms with E-state index in [4.69, 9.17) is 4.74 Å². The van der Waals surface area contributed by atoms with E-state index in [0.717, 1.165) is 31.0 Å². The number of nitrogens with zero attached hydrogens (tertiary/aromatic N) is 2. The van der Waals surface area contributed by atoms with Crippen LogP contribution in [0.5, 0.6) is 11.5 Å². The van der Waals surface area contributed by atoms with Crippen LogP contribution in [0.3, 0.4) is 0 Å². The van der Waals surface area contributed by atoms with Crippen molar-refractivity contribution in [3.63, 3.8) is 0 Å². The average molecular weight is 532 g/mol. The van der Waals surface area contributed by atoms with Crippen LogP contribution in [-0.4, -0.2) is 24.2 Å². The second-order valence-electron chi connectivity index (χ2n) is 12.7. The topological polar surface area (TPSA) is 15.5 Å². The van der Waals surface area contributed by atoms with Crippen molar-refractivity contribution in [3.05, 3.63) is 99.1 Å². The van der Waals surface area contributed by atoms with Crippen molar-refractivity contribution >= 4 is 22.4 Å². The highest BCUT2D eigenvalue weighted by Crippen LogP contribution is 2.46. The summed E-state index contributed by atoms with van der Waals surface area (Å²) >= 11 is 0. The molecule has 40 heavy (non-hydrogen) atoms. The van der Waals surface area contributed by atoms with Crippen LogP contribution in [0, 0.1) is 0 Å². The maximum Gasteiger partial charge on any atom is 0.211 e. The first-order valence-corrected chi connectivity index (χ1v) is 15.0. The second-order valence-corrected chi connectivity index (χ2v) is 12.7. The Bertz CT molecular complexity index is 1750. The molecule has 0 radical (unpaired) electrons. The van der Waals surface area contributed by atoms with Gasteiger partial charge in [0.2, 0.25) is 5.36 Å². The maximum absolute atomic E-state index is 6.91. The molecule has 0 fully saturated rings. The number of aryl methyl sites for hydroxylation is 1. The highest BCUT2D eigenvalue weighted by molar-refractivity contribution is 5.92. The van der Waals surface area contributed by atoms with Crippen LogP contribution < -0.4 is 24.8 Å². The molecule has 3 aromatic carbocycles. The van der Waals surface area contributed by atoms with Crippen molar-refractivity contribution < 1.29 is 4.74 Å². The summed E-state index contributed by atoms with van der Waals surface area (Å²) in [5.41, 5.74) is 11.5. The number of likely N-dealkylation sites (N-methyl/N-ethyl adjacent to an activating group) is 2. The molecule has 0 aromatic heterocycles. The normalized spacial score (nSPS) is 18.2. The maximum atomic E-state index is 6.91. The summed E-state index contributed by atoms with van der Waals surface area (Å²) in [4.78, 5) is 2.50. The molecule has 3 aromatic rings. The smallest absolute Gasteiger partial charge is 0.211 e. The molecule has 0 N–H and O–H groups in total. The Labute approximate surface area is 239 Å². The van der Waals surface area contributed by atoms with Crippen LogP contribution in [0.1, 0.15) is 90.1 Å². The van der Waals surface area contributed by atoms with Gasteiger partial charge in [0.25, 0.3) is 0 Å². The molecule has 0 saturated heterocycles. The summed E-state index contributed by atoms with van der Waals surface area (Å²) in [5, 5.41) is 2.44. The van der Waals surface area contributed by atoms with E-state index >= 15 is 0 Å². The Kier molecular flexibility index (Phi) is 6.14. The number of benzene rings is 3. The number of anilines is 1. The van der Waals surface area contributed by atoms with Crippen LogP contribution in [0.15, 0.2) is 60.7 Å². The Morgan fingerprint density at radius 3 is 2.20 bits per heavy atom. The first-order valence-electron chi connectivity index (χ1n) is 15.0. The molecule has 206 valence electrons. The lowest BCUT2D eigenvalue weighted by atomic mass is 9.83. The van der Waals surface area contributed by atoms with E-state index in [9.17, 15) is 0 Å². The molecule has 0 amide bonds. The number of rotatable bonds is 4. The summed E-state index contributed by atoms with van der Waals surface area (Å²) in [6.45, 7) is 22.3. The fraction of sp³-hybridized carbons (Fsp3) is 0.378. The van der Waals surface area contributed by atoms with Crippen LogP contribution in [0.2, 0.25) is 0 Å². The number of fused-ring (bicyclic) bond motifs is 4. The van der Waals surface area contributed by atoms with E-state index in [-0.39, 0.29) is 11.1 Å². The lowest BCUT2D eigenvalue weighted by molar-refractivity contribution is 0.399. The van der Waals surface area contributed by atoms with Gasteiger partial charge in [0.15, 0.2) is 5.54 Å². The Morgan fingerprint density at radius 2 is 1.50 bits per heavy atom. The molecule has 3 heteroatoms. The average Bonchev–Trinajstić information content (AvgIpc) is 2.89. The fourth-order valence-corrected chi connectivity index (χ4v) is 7.55. The molecule has 0 aliphatic carbocycles. The van der Waals surface area contributed by atoms with E-state index in [2.05, 4.69) is 132 Å². The second kappa shape index (κ2) is 9.23. The van der Waals surface area contributed by atoms with Crippen molar-refractivity contribution in [1.82, 2.24) is 4.58 Å². The molecule has 3 heterocycles. The first-order chi connectivity index (χ1) is 19.0. The van der Waals surface area contributed by atoms with Gasteiger partial charge in [0, 0.05) is 59.6 Å². The van der Waals surface area contributed by atoms with Gasteiger partial charge in [-0.25, -0.2) is 4.58 Å². The zero-order chi connectivity index (χ0) is 28.6. The van der Waals surface area contributed by atoms with Gasteiger partial charge in [-0.2, -0.15) is 0 Å². The van der Waals surface area contributed by atoms with Gasteiger partial charge >= 0.3 is 0 Å². The highest BCUT2D eigenvalue weighted by atomic mass is 16.5. The number of ether oxygens (including phenoxy) is 1. The Balaban J connectivity index is 1.75. The molecular formula is C37H43N2O+. The van der Waals surface area contributed by atoms with Crippen LogP contribution >= 0.6 is 0 Å². The van der Waals surface area contributed by atoms with Gasteiger partial charge in [-0.3, -0.25) is 0 Å². The van der Waals surface area contributed by atoms with Crippen molar-refractivity contribution in [1.29, 1.82) is 0 Å². The van der Waals surface area contributed by atoms with Gasteiger partial charge in [-0.15, -0.1) is 0 Å². The highest BCUT2D eigenvalue weighted by Gasteiger charge is 2.36. The summed E-state index contributed by atoms with van der Waals surface area (Å²) in [6, 6.07) is 18.3. The minimum atomic E-state index is -0.0514. The van der Waals surface area contributed by atoms with E-state index in [1.54, 1.807) is 0 Å². The first kappa shape index (κ1) is 26.6. The number of hydrogen-bond acceptors (Lipinski definition) is 2. The standard InChI is InChI=1S/C37H43N2O/c1-10-25-15-13-14-16-26(25)35-29-17-27-23(4)21-36(6,7)38(11-2)31(27)19-33(29)40-34-20-32-28(18-30(34)35)24(5)22-37(8,9)39(32)12-3/h13-22H,10-12H2,1-9H3/q+1. The minimum absolute atomic E-state index is 0.0514. The van der Waals surface area contributed by atoms with E-state index < -0.39 is 0 Å². The summed E-state index contributed by atoms with van der Waals surface area (Å²) in [6.07, 6.45) is 5.80. The lowest BCUT2D eigenvalue weighted by Gasteiger charge is -2.43. The van der Waals surface area contributed by atoms with Crippen LogP contribution in [0.4, 0.5) is 5.69 Å². The molecule has 0 spiro atoms. The monoisotopic (exact) mass is 531 g/mol. The van der Waals surface area contributed by atoms with Gasteiger partial charge in [-0.1, -0.05) is 37.3 Å². The van der Waals surface area contributed by atoms with Gasteiger partial charge in [0.05, 0.1) is 11.6 Å². The Morgan fingerprint density at radius 1 is 0.775 bits per heavy atom. The van der Waals surface area contributed by atoms with Gasteiger partial charge in [-0.05, 0) is 88.4 Å². The van der Waals surface area contributed by atoms with Crippen molar-refractivity contribution in [2.45, 2.75) is 79.8 Å². The third-order valence-electron chi connectivity index (χ3n) is 9.22. The molecule has 0 atom stereocenters. The van der Waals surface area contributed by atoms with E-state index in [1.807, 2.05) is 0 Å². The van der Waals surface area contributed by atoms with Gasteiger partial charge < -0.3 is 9.64 Å². The van der Waals surface area contributed by atoms with Crippen molar-refractivity contribution in [2.24, 2.45) is 0 Å². The van der Waals surface area contributed by atoms with Crippen molar-refractivity contribution in [3.8, 4) is 11.5 Å². The van der Waals surface area contributed by atoms with E-state index in [0.29, 0.717) is 0 Å². The predicted molar refractivity (Wildman–Crippen MR) is 170 cm³/mol. The summed E-state index contributed by atoms with van der Waals surface area (Å²) in [5.74, 6) is 1.89. The Hall–Kier alpha value is -3.59. The zero-order valence-electron chi connectivity index (χ0n) is 25.7. The zero-order valence-corrected chi connectivity index (χ0v) is 25.7. The molecule has 3 nitrogen and oxygen atoms in total. The van der Waals surface area contributed by atoms with Gasteiger partial charge in [0.1, 0.15) is 18.0 Å². The third kappa shape index (κ3) is 3.89. The molecular weight excluding hydrogens is 488 g/mol. The molecule has 3 aliphatic heterocycles. The SMILES string of the molecule is CCc1ccccc1C1=c2cc3c(cc2Oc2cc4c(cc21)C(C)=CC(C)(C)N4CC)=[N+](CC)C(C)(C)C=C3C. The van der Waals surface area contributed by atoms with Crippen LogP contribution in [-0.2, 0) is 6.42 Å². The minimum Gasteiger partial charge on any atom is -0.456 e. The quantitative estimate of drug-likeness (QED) is 0.256. The summed E-state index contributed by atoms with van der Waals surface area (Å²) < 4.78 is 9.41. The van der Waals surface area contributed by atoms with Crippen molar-refractivity contribution in [2.75, 3.05) is 18.0 Å². The van der Waals surface area contributed by atoms with E-state index in [1.165, 1.54) is 60.8 Å². The molecule has 6 rings (SSSR count). The lowest BCUT2D eigenvalue weighted by Crippen LogP contribution is -2.49. The number of hydrogen-bond donors (Lipinski definition) is 0. The molecule has 3 aliphatic rings. The predicted octanol–water partition coefficient (Wildman–Crippen LogP) is 7.33. The fourth-order valence-electron chi connectivity index (χ4n) is 7.55. The molecule has 0 unspecified atom stereocenters. The molecule has 0 saturated carbocycles. The van der Waals surface area contributed by atoms with Crippen LogP contribution in [0.25, 0.3) is 16.7 Å². The largest absolute Gasteiger partial charge is 0.456 e. The summed E-state index contributed by atoms with van der Waals surface area (Å²) in [7, 11) is 0. The number of allylic oxidation sites excluding steroid dienone is 2.